The largest absolute Gasteiger partial charge is 0.496 e. The summed E-state index contributed by atoms with van der Waals surface area (Å²) >= 11 is 3.40. The molecule has 2 heterocycles. The number of alkyl halides is 1. The molecule has 0 aliphatic carbocycles. The summed E-state index contributed by atoms with van der Waals surface area (Å²) in [5.74, 6) is 1.97. The van der Waals surface area contributed by atoms with Crippen LogP contribution in [0.5, 0.6) is 17.2 Å². The van der Waals surface area contributed by atoms with Crippen LogP contribution in [0.1, 0.15) is 74.7 Å². The quantitative estimate of drug-likeness (QED) is 0.110. The summed E-state index contributed by atoms with van der Waals surface area (Å²) in [6.07, 6.45) is 7.01. The molecule has 2 fully saturated rings. The number of carbonyl (C=O) groups is 2. The topological polar surface area (TPSA) is 71.5 Å². The molecule has 0 atom stereocenters. The van der Waals surface area contributed by atoms with Crippen molar-refractivity contribution < 1.29 is 23.8 Å². The molecule has 0 saturated carbocycles. The molecule has 292 valence electrons. The number of carbonyl (C=O) groups excluding carboxylic acids is 2. The Labute approximate surface area is 332 Å². The Bertz CT molecular complexity index is 1630. The summed E-state index contributed by atoms with van der Waals surface area (Å²) in [5.41, 5.74) is 7.44. The van der Waals surface area contributed by atoms with E-state index < -0.39 is 0 Å². The number of piperazine rings is 1. The number of hydrogen-bond donors (Lipinski definition) is 0. The second-order valence-electron chi connectivity index (χ2n) is 13.7. The van der Waals surface area contributed by atoms with Crippen molar-refractivity contribution in [1.82, 2.24) is 14.7 Å². The van der Waals surface area contributed by atoms with Gasteiger partial charge in [-0.2, -0.15) is 0 Å². The van der Waals surface area contributed by atoms with Crippen LogP contribution in [-0.2, 0) is 24.9 Å². The Morgan fingerprint density at radius 3 is 1.65 bits per heavy atom. The highest BCUT2D eigenvalue weighted by Gasteiger charge is 2.14. The van der Waals surface area contributed by atoms with E-state index in [9.17, 15) is 9.59 Å². The van der Waals surface area contributed by atoms with E-state index in [1.807, 2.05) is 13.0 Å². The fourth-order valence-electron chi connectivity index (χ4n) is 5.87. The van der Waals surface area contributed by atoms with E-state index in [4.69, 9.17) is 14.2 Å². The summed E-state index contributed by atoms with van der Waals surface area (Å²) < 4.78 is 16.2. The van der Waals surface area contributed by atoms with Crippen LogP contribution in [0.4, 0.5) is 0 Å². The maximum atomic E-state index is 10.9. The summed E-state index contributed by atoms with van der Waals surface area (Å²) in [7, 11) is 7.54. The lowest BCUT2D eigenvalue weighted by molar-refractivity contribution is 0.111. The SMILES string of the molecule is CCc1ccc(CBr)cc1.CN1CCCCC1.COc1cc(C=O)ccc1C.COc1cc(C=O)ccc1OCc1ccc(CN2CCN(C)CC2)cc1. The number of methoxy groups -OCH3 is 2. The van der Waals surface area contributed by atoms with Gasteiger partial charge in [-0.1, -0.05) is 89.9 Å². The van der Waals surface area contributed by atoms with E-state index >= 15 is 0 Å². The van der Waals surface area contributed by atoms with Gasteiger partial charge in [0.05, 0.1) is 14.2 Å². The fourth-order valence-corrected chi connectivity index (χ4v) is 6.24. The molecule has 4 aromatic rings. The zero-order valence-corrected chi connectivity index (χ0v) is 34.8. The fraction of sp³-hybridized carbons (Fsp3) is 0.422. The Hall–Kier alpha value is -4.02. The maximum Gasteiger partial charge on any atom is 0.161 e. The highest BCUT2D eigenvalue weighted by Crippen LogP contribution is 2.28. The lowest BCUT2D eigenvalue weighted by Crippen LogP contribution is -2.43. The first-order valence-corrected chi connectivity index (χ1v) is 20.0. The lowest BCUT2D eigenvalue weighted by Gasteiger charge is -2.32. The lowest BCUT2D eigenvalue weighted by atomic mass is 10.1. The van der Waals surface area contributed by atoms with E-state index in [0.717, 1.165) is 73.9 Å². The van der Waals surface area contributed by atoms with Crippen molar-refractivity contribution in [3.8, 4) is 17.2 Å². The molecule has 0 amide bonds. The monoisotopic (exact) mass is 801 g/mol. The highest BCUT2D eigenvalue weighted by molar-refractivity contribution is 9.08. The third kappa shape index (κ3) is 16.1. The smallest absolute Gasteiger partial charge is 0.161 e. The van der Waals surface area contributed by atoms with Gasteiger partial charge < -0.3 is 24.0 Å². The summed E-state index contributed by atoms with van der Waals surface area (Å²) in [4.78, 5) is 28.4. The summed E-state index contributed by atoms with van der Waals surface area (Å²) in [6, 6.07) is 27.8. The van der Waals surface area contributed by atoms with Crippen molar-refractivity contribution in [2.45, 2.75) is 58.0 Å². The van der Waals surface area contributed by atoms with Gasteiger partial charge >= 0.3 is 0 Å². The average molecular weight is 803 g/mol. The molecule has 0 spiro atoms. The number of nitrogens with zero attached hydrogens (tertiary/aromatic N) is 3. The normalized spacial score (nSPS) is 14.5. The Morgan fingerprint density at radius 2 is 1.13 bits per heavy atom. The van der Waals surface area contributed by atoms with Crippen molar-refractivity contribution in [1.29, 1.82) is 0 Å². The molecule has 0 unspecified atom stereocenters. The highest BCUT2D eigenvalue weighted by atomic mass is 79.9. The zero-order valence-electron chi connectivity index (χ0n) is 33.2. The number of piperidine rings is 1. The van der Waals surface area contributed by atoms with Crippen LogP contribution in [-0.4, -0.2) is 94.9 Å². The van der Waals surface area contributed by atoms with E-state index in [2.05, 4.69) is 100 Å². The molecule has 0 aromatic heterocycles. The minimum atomic E-state index is 0.464. The van der Waals surface area contributed by atoms with Crippen LogP contribution in [0.3, 0.4) is 0 Å². The van der Waals surface area contributed by atoms with Gasteiger partial charge in [-0.25, -0.2) is 0 Å². The number of aldehydes is 2. The molecule has 2 aliphatic heterocycles. The third-order valence-electron chi connectivity index (χ3n) is 9.48. The van der Waals surface area contributed by atoms with Gasteiger partial charge in [-0.15, -0.1) is 0 Å². The van der Waals surface area contributed by atoms with Gasteiger partial charge in [0.15, 0.2) is 11.5 Å². The predicted molar refractivity (Wildman–Crippen MR) is 225 cm³/mol. The van der Waals surface area contributed by atoms with E-state index in [-0.39, 0.29) is 0 Å². The van der Waals surface area contributed by atoms with Crippen molar-refractivity contribution >= 4 is 28.5 Å². The number of likely N-dealkylation sites (tertiary alicyclic amines) is 1. The van der Waals surface area contributed by atoms with Gasteiger partial charge in [0.1, 0.15) is 24.9 Å². The summed E-state index contributed by atoms with van der Waals surface area (Å²) in [5, 5.41) is 0.955. The molecular formula is C45H60BrN3O5. The maximum absolute atomic E-state index is 10.9. The number of rotatable bonds is 11. The number of benzene rings is 4. The molecule has 2 saturated heterocycles. The minimum absolute atomic E-state index is 0.464. The standard InChI is InChI=1S/C21H26N2O3.C9H11Br.C9H10O2.C6H13N/c1-22-9-11-23(12-10-22)14-17-3-5-18(6-4-17)16-26-20-8-7-19(15-24)13-21(20)25-2;1-2-8-3-5-9(7-10)6-4-8;1-7-3-4-8(6-10)5-9(7)11-2;1-7-5-3-2-4-6-7/h3-8,13,15H,9-12,14,16H2,1-2H3;3-6H,2,7H2,1H3;3-6H,1-2H3;2-6H2,1H3. The van der Waals surface area contributed by atoms with E-state index in [1.165, 1.54) is 49.0 Å². The van der Waals surface area contributed by atoms with Crippen LogP contribution in [0, 0.1) is 6.92 Å². The van der Waals surface area contributed by atoms with Gasteiger partial charge in [-0.05, 0) is 105 Å². The predicted octanol–water partition coefficient (Wildman–Crippen LogP) is 8.90. The minimum Gasteiger partial charge on any atom is -0.496 e. The molecule has 0 radical (unpaired) electrons. The van der Waals surface area contributed by atoms with Crippen LogP contribution in [0.25, 0.3) is 0 Å². The number of ether oxygens (including phenoxy) is 3. The molecule has 0 N–H and O–H groups in total. The van der Waals surface area contributed by atoms with Crippen LogP contribution in [0.2, 0.25) is 0 Å². The number of hydrogen-bond acceptors (Lipinski definition) is 8. The zero-order chi connectivity index (χ0) is 39.1. The number of halogens is 1. The van der Waals surface area contributed by atoms with Crippen molar-refractivity contribution in [2.75, 3.05) is 67.6 Å². The van der Waals surface area contributed by atoms with Crippen LogP contribution >= 0.6 is 15.9 Å². The average Bonchev–Trinajstić information content (AvgIpc) is 3.22. The molecule has 4 aromatic carbocycles. The number of likely N-dealkylation sites (N-methyl/N-ethyl adjacent to an activating group) is 1. The molecule has 6 rings (SSSR count). The first-order chi connectivity index (χ1) is 26.2. The van der Waals surface area contributed by atoms with E-state index in [1.54, 1.807) is 44.6 Å². The van der Waals surface area contributed by atoms with Gasteiger partial charge in [0.25, 0.3) is 0 Å². The van der Waals surface area contributed by atoms with Gasteiger partial charge in [0, 0.05) is 49.2 Å². The summed E-state index contributed by atoms with van der Waals surface area (Å²) in [6.45, 7) is 12.7. The number of aryl methyl sites for hydroxylation is 2. The van der Waals surface area contributed by atoms with Crippen LogP contribution in [0.15, 0.2) is 84.9 Å². The van der Waals surface area contributed by atoms with Crippen molar-refractivity contribution in [3.63, 3.8) is 0 Å². The Kier molecular flexibility index (Phi) is 20.7. The Balaban J connectivity index is 0.000000228. The van der Waals surface area contributed by atoms with Crippen molar-refractivity contribution in [3.05, 3.63) is 124 Å². The molecular weight excluding hydrogens is 742 g/mol. The van der Waals surface area contributed by atoms with Crippen molar-refractivity contribution in [2.24, 2.45) is 0 Å². The molecule has 54 heavy (non-hydrogen) atoms. The molecule has 8 nitrogen and oxygen atoms in total. The first-order valence-electron chi connectivity index (χ1n) is 18.9. The van der Waals surface area contributed by atoms with Gasteiger partial charge in [0.2, 0.25) is 0 Å². The molecule has 0 bridgehead atoms. The van der Waals surface area contributed by atoms with Gasteiger partial charge in [-0.3, -0.25) is 14.5 Å². The molecule has 9 heteroatoms. The second kappa shape index (κ2) is 25.1. The Morgan fingerprint density at radius 1 is 0.611 bits per heavy atom. The second-order valence-corrected chi connectivity index (χ2v) is 14.3. The third-order valence-corrected chi connectivity index (χ3v) is 10.1. The van der Waals surface area contributed by atoms with E-state index in [0.29, 0.717) is 29.2 Å². The van der Waals surface area contributed by atoms with Crippen LogP contribution < -0.4 is 14.2 Å². The first kappa shape index (κ1) is 44.4. The molecule has 2 aliphatic rings.